The number of carbonyl (C=O) groups excluding carboxylic acids is 1. The first kappa shape index (κ1) is 30.3. The van der Waals surface area contributed by atoms with Crippen molar-refractivity contribution in [1.82, 2.24) is 10.2 Å². The summed E-state index contributed by atoms with van der Waals surface area (Å²) in [6, 6.07) is 19.6. The number of hydrogen-bond acceptors (Lipinski definition) is 5. The molecular weight excluding hydrogens is 496 g/mol. The average molecular weight is 543 g/mol. The fourth-order valence-corrected chi connectivity index (χ4v) is 5.71. The maximum absolute atomic E-state index is 13.5. The van der Waals surface area contributed by atoms with Crippen molar-refractivity contribution >= 4 is 14.3 Å². The summed E-state index contributed by atoms with van der Waals surface area (Å²) in [6.45, 7) is 16.1. The number of nitrogens with one attached hydrogen (secondary N) is 1. The fourth-order valence-electron chi connectivity index (χ4n) is 4.33. The van der Waals surface area contributed by atoms with Crippen LogP contribution in [0.2, 0.25) is 18.1 Å². The summed E-state index contributed by atoms with van der Waals surface area (Å²) in [7, 11) is -2.24. The molecule has 1 aliphatic rings. The topological polar surface area (TPSA) is 80.3 Å². The summed E-state index contributed by atoms with van der Waals surface area (Å²) in [6.07, 6.45) is -0.773. The number of amides is 2. The minimum Gasteiger partial charge on any atom is -0.411 e. The number of carbonyl (C=O) groups is 1. The molecule has 2 aromatic rings. The fraction of sp³-hybridized carbons (Fsp3) is 0.567. The molecule has 0 radical (unpaired) electrons. The highest BCUT2D eigenvalue weighted by Gasteiger charge is 2.47. The van der Waals surface area contributed by atoms with Gasteiger partial charge in [-0.25, -0.2) is 4.79 Å². The van der Waals surface area contributed by atoms with E-state index in [0.29, 0.717) is 26.2 Å². The van der Waals surface area contributed by atoms with Crippen LogP contribution in [0.5, 0.6) is 0 Å². The molecule has 2 aromatic carbocycles. The molecule has 0 aliphatic carbocycles. The molecule has 7 nitrogen and oxygen atoms in total. The quantitative estimate of drug-likeness (QED) is 0.364. The molecule has 1 fully saturated rings. The van der Waals surface area contributed by atoms with E-state index in [9.17, 15) is 9.90 Å². The van der Waals surface area contributed by atoms with E-state index in [4.69, 9.17) is 13.9 Å². The van der Waals surface area contributed by atoms with Crippen molar-refractivity contribution < 1.29 is 23.8 Å². The van der Waals surface area contributed by atoms with E-state index in [1.807, 2.05) is 74.5 Å². The molecule has 8 heteroatoms. The summed E-state index contributed by atoms with van der Waals surface area (Å²) in [5.41, 5.74) is 2.04. The van der Waals surface area contributed by atoms with Gasteiger partial charge in [0.25, 0.3) is 0 Å². The van der Waals surface area contributed by atoms with Gasteiger partial charge in [-0.1, -0.05) is 81.4 Å². The van der Waals surface area contributed by atoms with E-state index in [-0.39, 0.29) is 29.7 Å². The summed E-state index contributed by atoms with van der Waals surface area (Å²) >= 11 is 0. The van der Waals surface area contributed by atoms with Gasteiger partial charge in [-0.15, -0.1) is 0 Å². The van der Waals surface area contributed by atoms with Gasteiger partial charge in [-0.3, -0.25) is 0 Å². The smallest absolute Gasteiger partial charge is 0.317 e. The predicted molar refractivity (Wildman–Crippen MR) is 153 cm³/mol. The number of urea groups is 1. The molecular formula is C30H46N2O5Si. The van der Waals surface area contributed by atoms with E-state index in [1.165, 1.54) is 0 Å². The lowest BCUT2D eigenvalue weighted by Crippen LogP contribution is -2.54. The number of ether oxygens (including phenoxy) is 2. The Balaban J connectivity index is 1.86. The molecule has 210 valence electrons. The number of aliphatic hydroxyl groups excluding tert-OH is 1. The van der Waals surface area contributed by atoms with Gasteiger partial charge >= 0.3 is 6.03 Å². The molecule has 3 atom stereocenters. The number of hydrogen-bond donors (Lipinski definition) is 2. The number of nitrogens with zero attached hydrogens (tertiary/aromatic N) is 1. The Morgan fingerprint density at radius 2 is 1.68 bits per heavy atom. The molecule has 2 amide bonds. The molecule has 1 aliphatic heterocycles. The van der Waals surface area contributed by atoms with Crippen molar-refractivity contribution in [3.8, 4) is 0 Å². The lowest BCUT2D eigenvalue weighted by Gasteiger charge is -2.43. The van der Waals surface area contributed by atoms with Crippen molar-refractivity contribution in [2.45, 2.75) is 83.8 Å². The minimum absolute atomic E-state index is 0.0307. The number of rotatable bonds is 11. The first-order valence-electron chi connectivity index (χ1n) is 13.5. The summed E-state index contributed by atoms with van der Waals surface area (Å²) in [5, 5.41) is 13.7. The highest BCUT2D eigenvalue weighted by molar-refractivity contribution is 6.74. The monoisotopic (exact) mass is 542 g/mol. The summed E-state index contributed by atoms with van der Waals surface area (Å²) in [5.74, 6) is -1.09. The lowest BCUT2D eigenvalue weighted by atomic mass is 9.98. The second-order valence-corrected chi connectivity index (χ2v) is 16.9. The Morgan fingerprint density at radius 3 is 2.18 bits per heavy atom. The molecule has 2 N–H and O–H groups in total. The van der Waals surface area contributed by atoms with Gasteiger partial charge in [0.1, 0.15) is 6.10 Å². The molecule has 0 aromatic heterocycles. The van der Waals surface area contributed by atoms with Gasteiger partial charge < -0.3 is 29.2 Å². The maximum atomic E-state index is 13.5. The van der Waals surface area contributed by atoms with E-state index in [2.05, 4.69) is 39.2 Å². The van der Waals surface area contributed by atoms with E-state index < -0.39 is 20.2 Å². The largest absolute Gasteiger partial charge is 0.411 e. The molecule has 38 heavy (non-hydrogen) atoms. The zero-order valence-corrected chi connectivity index (χ0v) is 25.1. The molecule has 1 saturated heterocycles. The SMILES string of the molecule is CC1(C)OC[C@H]([C@@H](O[Si](C)(C)C(C)(C)C)[C@H](CO)CN(Cc2ccccc2)C(=O)NCc2ccccc2)O1. The van der Waals surface area contributed by atoms with Crippen LogP contribution in [0.15, 0.2) is 60.7 Å². The highest BCUT2D eigenvalue weighted by Crippen LogP contribution is 2.40. The Bertz CT molecular complexity index is 1010. The predicted octanol–water partition coefficient (Wildman–Crippen LogP) is 5.55. The molecule has 0 spiro atoms. The molecule has 0 saturated carbocycles. The minimum atomic E-state index is -2.24. The van der Waals surface area contributed by atoms with Crippen LogP contribution in [-0.2, 0) is 27.0 Å². The first-order valence-corrected chi connectivity index (χ1v) is 16.4. The van der Waals surface area contributed by atoms with Crippen LogP contribution in [0.1, 0.15) is 45.7 Å². The van der Waals surface area contributed by atoms with Gasteiger partial charge in [0.05, 0.1) is 19.3 Å². The van der Waals surface area contributed by atoms with E-state index in [0.717, 1.165) is 11.1 Å². The zero-order chi connectivity index (χ0) is 28.0. The Morgan fingerprint density at radius 1 is 1.11 bits per heavy atom. The van der Waals surface area contributed by atoms with E-state index >= 15 is 0 Å². The molecule has 0 unspecified atom stereocenters. The van der Waals surface area contributed by atoms with Crippen molar-refractivity contribution in [3.05, 3.63) is 71.8 Å². The Hall–Kier alpha value is -2.23. The van der Waals surface area contributed by atoms with Crippen LogP contribution in [0.25, 0.3) is 0 Å². The Kier molecular flexibility index (Phi) is 10.2. The number of aliphatic hydroxyl groups is 1. The standard InChI is InChI=1S/C30H46N2O5Si/c1-29(2,3)38(6,7)37-27(26-22-35-30(4,5)36-26)25(21-33)20-32(19-24-16-12-9-13-17-24)28(34)31-18-23-14-10-8-11-15-23/h8-17,25-27,33H,18-22H2,1-7H3,(H,31,34)/t25-,26+,27-/m0/s1. The van der Waals surface area contributed by atoms with Crippen molar-refractivity contribution in [3.63, 3.8) is 0 Å². The summed E-state index contributed by atoms with van der Waals surface area (Å²) in [4.78, 5) is 15.3. The van der Waals surface area contributed by atoms with Crippen LogP contribution in [0.3, 0.4) is 0 Å². The van der Waals surface area contributed by atoms with Gasteiger partial charge in [0, 0.05) is 25.6 Å². The Labute approximate surface area is 229 Å². The van der Waals surface area contributed by atoms with E-state index in [1.54, 1.807) is 4.90 Å². The number of benzene rings is 2. The maximum Gasteiger partial charge on any atom is 0.317 e. The van der Waals surface area contributed by atoms with Gasteiger partial charge in [0.2, 0.25) is 0 Å². The third-order valence-corrected chi connectivity index (χ3v) is 12.1. The zero-order valence-electron chi connectivity index (χ0n) is 24.1. The van der Waals surface area contributed by atoms with Crippen molar-refractivity contribution in [2.24, 2.45) is 5.92 Å². The molecule has 3 rings (SSSR count). The van der Waals surface area contributed by atoms with Crippen molar-refractivity contribution in [1.29, 1.82) is 0 Å². The van der Waals surface area contributed by atoms with Gasteiger partial charge in [-0.05, 0) is 43.1 Å². The summed E-state index contributed by atoms with van der Waals surface area (Å²) < 4.78 is 19.1. The second-order valence-electron chi connectivity index (χ2n) is 12.2. The third-order valence-electron chi connectivity index (χ3n) is 7.58. The van der Waals surface area contributed by atoms with Crippen LogP contribution in [-0.4, -0.2) is 62.1 Å². The average Bonchev–Trinajstić information content (AvgIpc) is 3.23. The van der Waals surface area contributed by atoms with Crippen LogP contribution < -0.4 is 5.32 Å². The van der Waals surface area contributed by atoms with Gasteiger partial charge in [-0.2, -0.15) is 0 Å². The van der Waals surface area contributed by atoms with Crippen molar-refractivity contribution in [2.75, 3.05) is 19.8 Å². The molecule has 1 heterocycles. The molecule has 0 bridgehead atoms. The van der Waals surface area contributed by atoms with Crippen LogP contribution in [0.4, 0.5) is 4.79 Å². The van der Waals surface area contributed by atoms with Gasteiger partial charge in [0.15, 0.2) is 14.1 Å². The second kappa shape index (κ2) is 12.7. The lowest BCUT2D eigenvalue weighted by molar-refractivity contribution is -0.155. The van der Waals surface area contributed by atoms with Crippen LogP contribution in [0, 0.1) is 5.92 Å². The normalized spacial score (nSPS) is 19.1. The first-order chi connectivity index (χ1) is 17.8. The highest BCUT2D eigenvalue weighted by atomic mass is 28.4. The third kappa shape index (κ3) is 8.38. The van der Waals surface area contributed by atoms with Crippen LogP contribution >= 0.6 is 0 Å².